The fraction of sp³-hybridized carbons (Fsp3) is 0.412. The largest absolute Gasteiger partial charge is 0.448 e. The summed E-state index contributed by atoms with van der Waals surface area (Å²) in [7, 11) is 0. The van der Waals surface area contributed by atoms with Crippen molar-refractivity contribution in [3.63, 3.8) is 0 Å². The summed E-state index contributed by atoms with van der Waals surface area (Å²) in [6.45, 7) is 5.97. The number of nitrogens with zero attached hydrogens (tertiary/aromatic N) is 3. The molecule has 24 heavy (non-hydrogen) atoms. The van der Waals surface area contributed by atoms with Crippen LogP contribution < -0.4 is 5.32 Å². The molecule has 0 spiro atoms. The molecule has 0 saturated carbocycles. The van der Waals surface area contributed by atoms with Crippen LogP contribution in [0.25, 0.3) is 11.0 Å². The smallest absolute Gasteiger partial charge is 0.409 e. The Morgan fingerprint density at radius 2 is 2.00 bits per heavy atom. The van der Waals surface area contributed by atoms with Gasteiger partial charge in [0.25, 0.3) is 5.91 Å². The van der Waals surface area contributed by atoms with Gasteiger partial charge in [-0.15, -0.1) is 0 Å². The van der Waals surface area contributed by atoms with Gasteiger partial charge in [-0.3, -0.25) is 4.79 Å². The van der Waals surface area contributed by atoms with Gasteiger partial charge in [-0.25, -0.2) is 14.8 Å². The molecule has 1 aliphatic heterocycles. The van der Waals surface area contributed by atoms with Gasteiger partial charge in [0.05, 0.1) is 29.0 Å². The zero-order valence-corrected chi connectivity index (χ0v) is 13.8. The summed E-state index contributed by atoms with van der Waals surface area (Å²) in [5.41, 5.74) is 3.80. The minimum atomic E-state index is -0.278. The van der Waals surface area contributed by atoms with Gasteiger partial charge in [0, 0.05) is 18.7 Å². The molecule has 7 nitrogen and oxygen atoms in total. The van der Waals surface area contributed by atoms with Gasteiger partial charge in [0.15, 0.2) is 0 Å². The molecule has 3 rings (SSSR count). The Morgan fingerprint density at radius 1 is 1.25 bits per heavy atom. The minimum Gasteiger partial charge on any atom is -0.448 e. The molecule has 2 aromatic rings. The van der Waals surface area contributed by atoms with E-state index in [1.54, 1.807) is 17.0 Å². The summed E-state index contributed by atoms with van der Waals surface area (Å²) in [5.74, 6) is -0.152. The molecular formula is C17H20N4O3. The lowest BCUT2D eigenvalue weighted by Gasteiger charge is -2.12. The molecule has 0 aliphatic carbocycles. The Bertz CT molecular complexity index is 791. The van der Waals surface area contributed by atoms with E-state index in [1.165, 1.54) is 0 Å². The summed E-state index contributed by atoms with van der Waals surface area (Å²) >= 11 is 0. The van der Waals surface area contributed by atoms with E-state index in [2.05, 4.69) is 15.3 Å². The van der Waals surface area contributed by atoms with Crippen molar-refractivity contribution in [2.24, 2.45) is 0 Å². The molecule has 1 aliphatic rings. The van der Waals surface area contributed by atoms with Crippen LogP contribution in [0.4, 0.5) is 4.79 Å². The summed E-state index contributed by atoms with van der Waals surface area (Å²) in [4.78, 5) is 34.1. The third kappa shape index (κ3) is 3.45. The molecular weight excluding hydrogens is 308 g/mol. The third-order valence-electron chi connectivity index (χ3n) is 4.07. The topological polar surface area (TPSA) is 84.4 Å². The highest BCUT2D eigenvalue weighted by molar-refractivity contribution is 5.97. The molecule has 2 amide bonds. The van der Waals surface area contributed by atoms with Crippen molar-refractivity contribution in [1.82, 2.24) is 20.2 Å². The second-order valence-electron chi connectivity index (χ2n) is 5.81. The number of rotatable bonds is 5. The first kappa shape index (κ1) is 16.2. The molecule has 126 valence electrons. The molecule has 1 aromatic carbocycles. The van der Waals surface area contributed by atoms with Crippen LogP contribution in [-0.4, -0.2) is 53.1 Å². The minimum absolute atomic E-state index is 0.152. The van der Waals surface area contributed by atoms with E-state index in [0.29, 0.717) is 43.7 Å². The molecule has 0 radical (unpaired) electrons. The number of cyclic esters (lactones) is 1. The van der Waals surface area contributed by atoms with Gasteiger partial charge in [0.2, 0.25) is 0 Å². The van der Waals surface area contributed by atoms with Crippen LogP contribution in [0.15, 0.2) is 18.2 Å². The van der Waals surface area contributed by atoms with Crippen LogP contribution in [0, 0.1) is 13.8 Å². The van der Waals surface area contributed by atoms with Gasteiger partial charge in [-0.05, 0) is 38.5 Å². The van der Waals surface area contributed by atoms with Gasteiger partial charge in [-0.1, -0.05) is 0 Å². The van der Waals surface area contributed by atoms with Crippen molar-refractivity contribution in [2.45, 2.75) is 20.3 Å². The average molecular weight is 328 g/mol. The normalized spacial score (nSPS) is 14.1. The molecule has 1 aromatic heterocycles. The highest BCUT2D eigenvalue weighted by Gasteiger charge is 2.20. The first-order valence-corrected chi connectivity index (χ1v) is 7.99. The molecule has 2 heterocycles. The molecule has 0 atom stereocenters. The molecule has 0 unspecified atom stereocenters. The summed E-state index contributed by atoms with van der Waals surface area (Å²) in [6.07, 6.45) is 0.409. The van der Waals surface area contributed by atoms with E-state index in [-0.39, 0.29) is 12.0 Å². The van der Waals surface area contributed by atoms with Crippen LogP contribution in [0.5, 0.6) is 0 Å². The van der Waals surface area contributed by atoms with Crippen molar-refractivity contribution in [3.8, 4) is 0 Å². The van der Waals surface area contributed by atoms with Crippen LogP contribution in [0.2, 0.25) is 0 Å². The van der Waals surface area contributed by atoms with E-state index >= 15 is 0 Å². The second-order valence-corrected chi connectivity index (χ2v) is 5.81. The number of carbonyl (C=O) groups is 2. The third-order valence-corrected chi connectivity index (χ3v) is 4.07. The van der Waals surface area contributed by atoms with E-state index in [0.717, 1.165) is 16.9 Å². The van der Waals surface area contributed by atoms with Gasteiger partial charge >= 0.3 is 6.09 Å². The number of aryl methyl sites for hydroxylation is 2. The molecule has 0 bridgehead atoms. The van der Waals surface area contributed by atoms with Crippen LogP contribution >= 0.6 is 0 Å². The van der Waals surface area contributed by atoms with Gasteiger partial charge in [0.1, 0.15) is 6.61 Å². The first-order valence-electron chi connectivity index (χ1n) is 7.99. The molecule has 1 saturated heterocycles. The number of hydrogen-bond donors (Lipinski definition) is 1. The number of hydrogen-bond acceptors (Lipinski definition) is 5. The van der Waals surface area contributed by atoms with E-state index in [1.807, 2.05) is 19.9 Å². The lowest BCUT2D eigenvalue weighted by Crippen LogP contribution is -2.30. The monoisotopic (exact) mass is 328 g/mol. The summed E-state index contributed by atoms with van der Waals surface area (Å²) < 4.78 is 4.86. The standard InChI is InChI=1S/C17H20N4O3/c1-11-12(2)20-15-10-13(4-5-14(15)19-11)16(22)18-6-3-7-21-8-9-24-17(21)23/h4-5,10H,3,6-9H2,1-2H3,(H,18,22). The number of carbonyl (C=O) groups excluding carboxylic acids is 2. The predicted octanol–water partition coefficient (Wildman–Crippen LogP) is 1.82. The number of ether oxygens (including phenoxy) is 1. The Labute approximate surface area is 140 Å². The van der Waals surface area contributed by atoms with Crippen molar-refractivity contribution in [3.05, 3.63) is 35.2 Å². The lowest BCUT2D eigenvalue weighted by molar-refractivity contribution is 0.0952. The predicted molar refractivity (Wildman–Crippen MR) is 88.9 cm³/mol. The number of fused-ring (bicyclic) bond motifs is 1. The van der Waals surface area contributed by atoms with Crippen LogP contribution in [-0.2, 0) is 4.74 Å². The second kappa shape index (κ2) is 6.82. The van der Waals surface area contributed by atoms with Gasteiger partial charge in [-0.2, -0.15) is 0 Å². The number of amides is 2. The zero-order valence-electron chi connectivity index (χ0n) is 13.8. The Morgan fingerprint density at radius 3 is 2.71 bits per heavy atom. The first-order chi connectivity index (χ1) is 11.5. The SMILES string of the molecule is Cc1nc2ccc(C(=O)NCCCN3CCOC3=O)cc2nc1C. The fourth-order valence-corrected chi connectivity index (χ4v) is 2.57. The van der Waals surface area contributed by atoms with Crippen molar-refractivity contribution in [1.29, 1.82) is 0 Å². The molecule has 1 N–H and O–H groups in total. The molecule has 1 fully saturated rings. The Kier molecular flexibility index (Phi) is 4.59. The van der Waals surface area contributed by atoms with Crippen molar-refractivity contribution >= 4 is 23.0 Å². The highest BCUT2D eigenvalue weighted by atomic mass is 16.6. The lowest BCUT2D eigenvalue weighted by atomic mass is 10.1. The quantitative estimate of drug-likeness (QED) is 0.846. The number of aromatic nitrogens is 2. The van der Waals surface area contributed by atoms with Crippen molar-refractivity contribution in [2.75, 3.05) is 26.2 Å². The summed E-state index contributed by atoms with van der Waals surface area (Å²) in [5, 5.41) is 2.86. The van der Waals surface area contributed by atoms with E-state index < -0.39 is 0 Å². The maximum atomic E-state index is 12.2. The maximum Gasteiger partial charge on any atom is 0.409 e. The average Bonchev–Trinajstić information content (AvgIpc) is 2.97. The Balaban J connectivity index is 1.57. The zero-order chi connectivity index (χ0) is 17.1. The maximum absolute atomic E-state index is 12.2. The fourth-order valence-electron chi connectivity index (χ4n) is 2.57. The van der Waals surface area contributed by atoms with Crippen molar-refractivity contribution < 1.29 is 14.3 Å². The van der Waals surface area contributed by atoms with Gasteiger partial charge < -0.3 is 15.0 Å². The van der Waals surface area contributed by atoms with E-state index in [9.17, 15) is 9.59 Å². The summed E-state index contributed by atoms with van der Waals surface area (Å²) in [6, 6.07) is 5.31. The van der Waals surface area contributed by atoms with Crippen LogP contribution in [0.1, 0.15) is 28.2 Å². The number of benzene rings is 1. The van der Waals surface area contributed by atoms with E-state index in [4.69, 9.17) is 4.74 Å². The number of nitrogens with one attached hydrogen (secondary N) is 1. The molecule has 7 heteroatoms. The highest BCUT2D eigenvalue weighted by Crippen LogP contribution is 2.14. The Hall–Kier alpha value is -2.70. The van der Waals surface area contributed by atoms with Crippen LogP contribution in [0.3, 0.4) is 0 Å².